The van der Waals surface area contributed by atoms with Crippen LogP contribution < -0.4 is 5.73 Å². The van der Waals surface area contributed by atoms with Gasteiger partial charge in [0.05, 0.1) is 8.79 Å². The van der Waals surface area contributed by atoms with Gasteiger partial charge in [-0.15, -0.1) is 22.7 Å². The fourth-order valence-electron chi connectivity index (χ4n) is 1.32. The first-order chi connectivity index (χ1) is 7.15. The molecule has 2 nitrogen and oxygen atoms in total. The second kappa shape index (κ2) is 4.74. The normalized spacial score (nSPS) is 13.0. The number of nitrogens with zero attached hydrogens (tertiary/aromatic N) is 1. The predicted molar refractivity (Wildman–Crippen MR) is 69.5 cm³/mol. The second-order valence-electron chi connectivity index (χ2n) is 3.38. The highest BCUT2D eigenvalue weighted by atomic mass is 79.9. The highest BCUT2D eigenvalue weighted by Crippen LogP contribution is 2.26. The van der Waals surface area contributed by atoms with Crippen LogP contribution in [0.4, 0.5) is 0 Å². The molecule has 2 N–H and O–H groups in total. The standard InChI is InChI=1S/C10H11BrN2S2/c1-6-4-15-10(13-6)3-8(12)7-2-9(11)14-5-7/h2,4-5,8H,3,12H2,1H3. The quantitative estimate of drug-likeness (QED) is 0.942. The number of rotatable bonds is 3. The van der Waals surface area contributed by atoms with E-state index in [1.54, 1.807) is 22.7 Å². The van der Waals surface area contributed by atoms with Crippen LogP contribution in [0.3, 0.4) is 0 Å². The Labute approximate surface area is 105 Å². The molecule has 0 aliphatic heterocycles. The minimum Gasteiger partial charge on any atom is -0.324 e. The van der Waals surface area contributed by atoms with Gasteiger partial charge in [-0.3, -0.25) is 0 Å². The third-order valence-corrected chi connectivity index (χ3v) is 4.59. The molecule has 2 rings (SSSR count). The largest absolute Gasteiger partial charge is 0.324 e. The average molecular weight is 303 g/mol. The Kier molecular flexibility index (Phi) is 3.56. The van der Waals surface area contributed by atoms with E-state index in [1.165, 1.54) is 5.56 Å². The lowest BCUT2D eigenvalue weighted by molar-refractivity contribution is 0.719. The van der Waals surface area contributed by atoms with E-state index >= 15 is 0 Å². The molecule has 5 heteroatoms. The van der Waals surface area contributed by atoms with E-state index < -0.39 is 0 Å². The number of thiazole rings is 1. The Balaban J connectivity index is 2.06. The minimum atomic E-state index is 0.0538. The van der Waals surface area contributed by atoms with Gasteiger partial charge < -0.3 is 5.73 Å². The van der Waals surface area contributed by atoms with Gasteiger partial charge in [-0.1, -0.05) is 0 Å². The zero-order chi connectivity index (χ0) is 10.8. The van der Waals surface area contributed by atoms with Crippen LogP contribution in [-0.2, 0) is 6.42 Å². The molecule has 1 unspecified atom stereocenters. The summed E-state index contributed by atoms with van der Waals surface area (Å²) in [6.45, 7) is 2.01. The van der Waals surface area contributed by atoms with Crippen molar-refractivity contribution in [1.29, 1.82) is 0 Å². The van der Waals surface area contributed by atoms with Crippen molar-refractivity contribution in [2.45, 2.75) is 19.4 Å². The molecule has 80 valence electrons. The number of nitrogens with two attached hydrogens (primary N) is 1. The lowest BCUT2D eigenvalue weighted by Crippen LogP contribution is -2.12. The molecule has 0 radical (unpaired) electrons. The fourth-order valence-corrected chi connectivity index (χ4v) is 3.39. The first-order valence-corrected chi connectivity index (χ1v) is 7.11. The Morgan fingerprint density at radius 3 is 2.80 bits per heavy atom. The maximum Gasteiger partial charge on any atom is 0.0947 e. The van der Waals surface area contributed by atoms with Gasteiger partial charge in [0.15, 0.2) is 0 Å². The zero-order valence-corrected chi connectivity index (χ0v) is 11.5. The van der Waals surface area contributed by atoms with Crippen LogP contribution in [0, 0.1) is 6.92 Å². The second-order valence-corrected chi connectivity index (χ2v) is 6.61. The van der Waals surface area contributed by atoms with Crippen LogP contribution in [0.5, 0.6) is 0 Å². The Hall–Kier alpha value is -0.230. The van der Waals surface area contributed by atoms with Gasteiger partial charge >= 0.3 is 0 Å². The predicted octanol–water partition coefficient (Wildman–Crippen LogP) is 3.52. The molecule has 2 heterocycles. The molecule has 0 saturated heterocycles. The topological polar surface area (TPSA) is 38.9 Å². The molecule has 0 aliphatic carbocycles. The smallest absolute Gasteiger partial charge is 0.0947 e. The van der Waals surface area contributed by atoms with E-state index in [0.29, 0.717) is 0 Å². The Bertz CT molecular complexity index is 450. The van der Waals surface area contributed by atoms with E-state index in [2.05, 4.69) is 37.7 Å². The molecule has 2 aromatic rings. The minimum absolute atomic E-state index is 0.0538. The summed E-state index contributed by atoms with van der Waals surface area (Å²) in [6.07, 6.45) is 0.821. The molecular formula is C10H11BrN2S2. The van der Waals surface area contributed by atoms with Crippen LogP contribution >= 0.6 is 38.6 Å². The van der Waals surface area contributed by atoms with Gasteiger partial charge in [-0.05, 0) is 39.9 Å². The first-order valence-electron chi connectivity index (χ1n) is 4.55. The number of aryl methyl sites for hydroxylation is 1. The van der Waals surface area contributed by atoms with E-state index in [-0.39, 0.29) is 6.04 Å². The van der Waals surface area contributed by atoms with E-state index in [9.17, 15) is 0 Å². The SMILES string of the molecule is Cc1csc(CC(N)c2csc(Br)c2)n1. The molecule has 0 spiro atoms. The number of aromatic nitrogens is 1. The van der Waals surface area contributed by atoms with Gasteiger partial charge in [-0.25, -0.2) is 4.98 Å². The monoisotopic (exact) mass is 302 g/mol. The zero-order valence-electron chi connectivity index (χ0n) is 8.24. The maximum atomic E-state index is 6.10. The van der Waals surface area contributed by atoms with Crippen LogP contribution in [-0.4, -0.2) is 4.98 Å². The van der Waals surface area contributed by atoms with Crippen molar-refractivity contribution in [2.24, 2.45) is 5.73 Å². The van der Waals surface area contributed by atoms with Crippen molar-refractivity contribution < 1.29 is 0 Å². The summed E-state index contributed by atoms with van der Waals surface area (Å²) >= 11 is 6.79. The molecule has 0 aliphatic rings. The van der Waals surface area contributed by atoms with Gasteiger partial charge in [0, 0.05) is 23.5 Å². The van der Waals surface area contributed by atoms with Gasteiger partial charge in [0.25, 0.3) is 0 Å². The van der Waals surface area contributed by atoms with Gasteiger partial charge in [-0.2, -0.15) is 0 Å². The van der Waals surface area contributed by atoms with E-state index in [1.807, 2.05) is 6.92 Å². The molecule has 0 bridgehead atoms. The molecule has 0 amide bonds. The summed E-state index contributed by atoms with van der Waals surface area (Å²) in [6, 6.07) is 2.13. The third-order valence-electron chi connectivity index (χ3n) is 2.08. The lowest BCUT2D eigenvalue weighted by atomic mass is 10.1. The number of halogens is 1. The summed E-state index contributed by atoms with van der Waals surface area (Å²) in [5, 5.41) is 5.27. The summed E-state index contributed by atoms with van der Waals surface area (Å²) in [7, 11) is 0. The maximum absolute atomic E-state index is 6.10. The molecule has 0 aromatic carbocycles. The van der Waals surface area contributed by atoms with E-state index in [0.717, 1.165) is 20.9 Å². The summed E-state index contributed by atoms with van der Waals surface area (Å²) in [4.78, 5) is 4.41. The fraction of sp³-hybridized carbons (Fsp3) is 0.300. The number of thiophene rings is 1. The van der Waals surface area contributed by atoms with Gasteiger partial charge in [0.1, 0.15) is 0 Å². The number of hydrogen-bond donors (Lipinski definition) is 1. The van der Waals surface area contributed by atoms with Crippen LogP contribution in [0.15, 0.2) is 20.6 Å². The van der Waals surface area contributed by atoms with Crippen LogP contribution in [0.25, 0.3) is 0 Å². The third kappa shape index (κ3) is 2.87. The summed E-state index contributed by atoms with van der Waals surface area (Å²) in [5.41, 5.74) is 8.36. The Morgan fingerprint density at radius 1 is 1.47 bits per heavy atom. The highest BCUT2D eigenvalue weighted by molar-refractivity contribution is 9.11. The van der Waals surface area contributed by atoms with Crippen molar-refractivity contribution in [2.75, 3.05) is 0 Å². The lowest BCUT2D eigenvalue weighted by Gasteiger charge is -2.06. The Morgan fingerprint density at radius 2 is 2.27 bits per heavy atom. The molecule has 15 heavy (non-hydrogen) atoms. The van der Waals surface area contributed by atoms with Crippen molar-refractivity contribution >= 4 is 38.6 Å². The van der Waals surface area contributed by atoms with Crippen molar-refractivity contribution in [3.05, 3.63) is 36.9 Å². The summed E-state index contributed by atoms with van der Waals surface area (Å²) < 4.78 is 1.13. The van der Waals surface area contributed by atoms with Crippen molar-refractivity contribution in [1.82, 2.24) is 4.98 Å². The van der Waals surface area contributed by atoms with E-state index in [4.69, 9.17) is 5.73 Å². The van der Waals surface area contributed by atoms with Crippen molar-refractivity contribution in [3.8, 4) is 0 Å². The van der Waals surface area contributed by atoms with Crippen molar-refractivity contribution in [3.63, 3.8) is 0 Å². The first kappa shape index (κ1) is 11.3. The molecular weight excluding hydrogens is 292 g/mol. The molecule has 2 aromatic heterocycles. The average Bonchev–Trinajstić information content (AvgIpc) is 2.75. The van der Waals surface area contributed by atoms with Crippen LogP contribution in [0.1, 0.15) is 22.3 Å². The molecule has 0 fully saturated rings. The van der Waals surface area contributed by atoms with Gasteiger partial charge in [0.2, 0.25) is 0 Å². The molecule has 0 saturated carbocycles. The summed E-state index contributed by atoms with van der Waals surface area (Å²) in [5.74, 6) is 0. The highest BCUT2D eigenvalue weighted by Gasteiger charge is 2.10. The van der Waals surface area contributed by atoms with Crippen LogP contribution in [0.2, 0.25) is 0 Å². The molecule has 1 atom stereocenters. The number of hydrogen-bond acceptors (Lipinski definition) is 4.